The minimum atomic E-state index is -0.317. The summed E-state index contributed by atoms with van der Waals surface area (Å²) < 4.78 is 1.68. The Morgan fingerprint density at radius 1 is 0.824 bits per heavy atom. The highest BCUT2D eigenvalue weighted by atomic mass is 32.1. The number of thiophene rings is 1. The third-order valence-corrected chi connectivity index (χ3v) is 5.91. The van der Waals surface area contributed by atoms with Gasteiger partial charge in [-0.15, -0.1) is 11.3 Å². The SMILES string of the molecule is O=C(Nc1cccc(NC(=O)c2cn(-c3ccccc3)nc2-c2cccnc2)c1)c1cccs1. The summed E-state index contributed by atoms with van der Waals surface area (Å²) in [6.45, 7) is 0. The maximum Gasteiger partial charge on any atom is 0.265 e. The molecule has 0 radical (unpaired) electrons. The van der Waals surface area contributed by atoms with Crippen molar-refractivity contribution in [3.05, 3.63) is 113 Å². The molecule has 0 saturated heterocycles. The number of benzene rings is 2. The summed E-state index contributed by atoms with van der Waals surface area (Å²) in [6.07, 6.45) is 5.05. The highest BCUT2D eigenvalue weighted by Gasteiger charge is 2.19. The summed E-state index contributed by atoms with van der Waals surface area (Å²) in [5, 5.41) is 12.3. The van der Waals surface area contributed by atoms with Crippen LogP contribution >= 0.6 is 11.3 Å². The smallest absolute Gasteiger partial charge is 0.265 e. The van der Waals surface area contributed by atoms with Gasteiger partial charge in [-0.05, 0) is 53.9 Å². The van der Waals surface area contributed by atoms with E-state index < -0.39 is 0 Å². The molecule has 0 spiro atoms. The molecule has 3 heterocycles. The van der Waals surface area contributed by atoms with Crippen molar-refractivity contribution in [3.8, 4) is 16.9 Å². The zero-order chi connectivity index (χ0) is 23.3. The van der Waals surface area contributed by atoms with Crippen LogP contribution in [0.1, 0.15) is 20.0 Å². The lowest BCUT2D eigenvalue weighted by atomic mass is 10.1. The first-order chi connectivity index (χ1) is 16.7. The number of rotatable bonds is 6. The van der Waals surface area contributed by atoms with Gasteiger partial charge in [0, 0.05) is 35.5 Å². The third kappa shape index (κ3) is 4.62. The molecule has 0 unspecified atom stereocenters. The summed E-state index contributed by atoms with van der Waals surface area (Å²) >= 11 is 1.37. The van der Waals surface area contributed by atoms with Gasteiger partial charge in [-0.25, -0.2) is 4.68 Å². The number of hydrogen-bond acceptors (Lipinski definition) is 5. The van der Waals surface area contributed by atoms with Gasteiger partial charge in [0.2, 0.25) is 0 Å². The first-order valence-corrected chi connectivity index (χ1v) is 11.4. The van der Waals surface area contributed by atoms with Crippen molar-refractivity contribution < 1.29 is 9.59 Å². The van der Waals surface area contributed by atoms with Gasteiger partial charge in [0.1, 0.15) is 5.69 Å². The van der Waals surface area contributed by atoms with Crippen LogP contribution in [-0.4, -0.2) is 26.6 Å². The zero-order valence-corrected chi connectivity index (χ0v) is 18.7. The van der Waals surface area contributed by atoms with E-state index in [4.69, 9.17) is 0 Å². The minimum Gasteiger partial charge on any atom is -0.322 e. The largest absolute Gasteiger partial charge is 0.322 e. The molecule has 5 aromatic rings. The molecule has 5 rings (SSSR count). The predicted octanol–water partition coefficient (Wildman–Crippen LogP) is 5.50. The number of hydrogen-bond donors (Lipinski definition) is 2. The number of nitrogens with one attached hydrogen (secondary N) is 2. The van der Waals surface area contributed by atoms with Crippen molar-refractivity contribution >= 4 is 34.5 Å². The van der Waals surface area contributed by atoms with Gasteiger partial charge >= 0.3 is 0 Å². The number of aromatic nitrogens is 3. The lowest BCUT2D eigenvalue weighted by Crippen LogP contribution is -2.13. The van der Waals surface area contributed by atoms with Crippen molar-refractivity contribution in [2.45, 2.75) is 0 Å². The molecule has 0 aliphatic rings. The number of amides is 2. The Bertz CT molecular complexity index is 1430. The minimum absolute atomic E-state index is 0.193. The van der Waals surface area contributed by atoms with E-state index in [1.54, 1.807) is 59.7 Å². The first kappa shape index (κ1) is 21.3. The van der Waals surface area contributed by atoms with Crippen molar-refractivity contribution in [2.75, 3.05) is 10.6 Å². The standard InChI is InChI=1S/C26H19N5O2S/c32-25(28-19-8-4-9-20(15-19)29-26(33)23-12-6-14-34-23)22-17-31(21-10-2-1-3-11-21)30-24(22)18-7-5-13-27-16-18/h1-17H,(H,28,32)(H,29,33). The molecule has 2 aromatic carbocycles. The Kier molecular flexibility index (Phi) is 5.96. The van der Waals surface area contributed by atoms with Crippen molar-refractivity contribution in [3.63, 3.8) is 0 Å². The van der Waals surface area contributed by atoms with Gasteiger partial charge in [-0.3, -0.25) is 14.6 Å². The van der Waals surface area contributed by atoms with Crippen LogP contribution in [-0.2, 0) is 0 Å². The Morgan fingerprint density at radius 2 is 1.62 bits per heavy atom. The molecular weight excluding hydrogens is 446 g/mol. The molecule has 0 aliphatic heterocycles. The second-order valence-corrected chi connectivity index (χ2v) is 8.33. The van der Waals surface area contributed by atoms with Crippen LogP contribution in [0.3, 0.4) is 0 Å². The van der Waals surface area contributed by atoms with Gasteiger partial charge in [0.25, 0.3) is 11.8 Å². The monoisotopic (exact) mass is 465 g/mol. The molecule has 0 bridgehead atoms. The Balaban J connectivity index is 1.42. The van der Waals surface area contributed by atoms with E-state index in [1.165, 1.54) is 11.3 Å². The number of nitrogens with zero attached hydrogens (tertiary/aromatic N) is 3. The normalized spacial score (nSPS) is 10.6. The van der Waals surface area contributed by atoms with Crippen molar-refractivity contribution in [1.82, 2.24) is 14.8 Å². The number of anilines is 2. The zero-order valence-electron chi connectivity index (χ0n) is 17.9. The van der Waals surface area contributed by atoms with E-state index in [9.17, 15) is 9.59 Å². The van der Waals surface area contributed by atoms with Crippen molar-refractivity contribution in [2.24, 2.45) is 0 Å². The van der Waals surface area contributed by atoms with Crippen LogP contribution in [0.25, 0.3) is 16.9 Å². The fourth-order valence-electron chi connectivity index (χ4n) is 3.44. The van der Waals surface area contributed by atoms with Gasteiger partial charge in [0.15, 0.2) is 0 Å². The molecule has 0 fully saturated rings. The summed E-state index contributed by atoms with van der Waals surface area (Å²) in [6, 6.07) is 23.9. The molecule has 3 aromatic heterocycles. The van der Waals surface area contributed by atoms with E-state index in [0.29, 0.717) is 27.5 Å². The molecule has 2 N–H and O–H groups in total. The average molecular weight is 466 g/mol. The summed E-state index contributed by atoms with van der Waals surface area (Å²) in [4.78, 5) is 30.4. The maximum absolute atomic E-state index is 13.3. The fourth-order valence-corrected chi connectivity index (χ4v) is 4.06. The molecule has 0 atom stereocenters. The van der Waals surface area contributed by atoms with E-state index in [2.05, 4.69) is 20.7 Å². The summed E-state index contributed by atoms with van der Waals surface area (Å²) in [5.74, 6) is -0.510. The molecule has 34 heavy (non-hydrogen) atoms. The van der Waals surface area contributed by atoms with Crippen LogP contribution < -0.4 is 10.6 Å². The van der Waals surface area contributed by atoms with Gasteiger partial charge < -0.3 is 10.6 Å². The molecule has 2 amide bonds. The fraction of sp³-hybridized carbons (Fsp3) is 0. The second kappa shape index (κ2) is 9.51. The average Bonchev–Trinajstić information content (AvgIpc) is 3.56. The highest BCUT2D eigenvalue weighted by Crippen LogP contribution is 2.25. The Morgan fingerprint density at radius 3 is 2.32 bits per heavy atom. The number of para-hydroxylation sites is 1. The van der Waals surface area contributed by atoms with Crippen molar-refractivity contribution in [1.29, 1.82) is 0 Å². The van der Waals surface area contributed by atoms with E-state index >= 15 is 0 Å². The lowest BCUT2D eigenvalue weighted by molar-refractivity contribution is 0.102. The van der Waals surface area contributed by atoms with Crippen LogP contribution in [0.15, 0.2) is 103 Å². The first-order valence-electron chi connectivity index (χ1n) is 10.5. The Hall–Kier alpha value is -4.56. The lowest BCUT2D eigenvalue weighted by Gasteiger charge is -2.08. The number of carbonyl (C=O) groups excluding carboxylic acids is 2. The van der Waals surface area contributed by atoms with Crippen LogP contribution in [0.2, 0.25) is 0 Å². The van der Waals surface area contributed by atoms with Gasteiger partial charge in [0.05, 0.1) is 16.1 Å². The van der Waals surface area contributed by atoms with Crippen LogP contribution in [0.4, 0.5) is 11.4 Å². The summed E-state index contributed by atoms with van der Waals surface area (Å²) in [5.41, 5.74) is 3.65. The number of carbonyl (C=O) groups is 2. The van der Waals surface area contributed by atoms with Crippen LogP contribution in [0.5, 0.6) is 0 Å². The van der Waals surface area contributed by atoms with Gasteiger partial charge in [-0.2, -0.15) is 5.10 Å². The van der Waals surface area contributed by atoms with E-state index in [0.717, 1.165) is 11.3 Å². The topological polar surface area (TPSA) is 88.9 Å². The third-order valence-electron chi connectivity index (χ3n) is 5.04. The molecule has 0 aliphatic carbocycles. The molecule has 8 heteroatoms. The quantitative estimate of drug-likeness (QED) is 0.347. The molecule has 7 nitrogen and oxygen atoms in total. The number of pyridine rings is 1. The maximum atomic E-state index is 13.3. The summed E-state index contributed by atoms with van der Waals surface area (Å²) in [7, 11) is 0. The van der Waals surface area contributed by atoms with Crippen LogP contribution in [0, 0.1) is 0 Å². The molecule has 166 valence electrons. The second-order valence-electron chi connectivity index (χ2n) is 7.38. The highest BCUT2D eigenvalue weighted by molar-refractivity contribution is 7.12. The molecular formula is C26H19N5O2S. The van der Waals surface area contributed by atoms with E-state index in [1.807, 2.05) is 47.8 Å². The van der Waals surface area contributed by atoms with Gasteiger partial charge in [-0.1, -0.05) is 30.3 Å². The Labute approximate surface area is 199 Å². The molecule has 0 saturated carbocycles. The van der Waals surface area contributed by atoms with E-state index in [-0.39, 0.29) is 11.8 Å². The predicted molar refractivity (Wildman–Crippen MR) is 133 cm³/mol.